The maximum atomic E-state index is 12.6. The fourth-order valence-corrected chi connectivity index (χ4v) is 4.12. The van der Waals surface area contributed by atoms with Gasteiger partial charge in [-0.15, -0.1) is 0 Å². The molecular weight excluding hydrogens is 370 g/mol. The van der Waals surface area contributed by atoms with E-state index in [0.29, 0.717) is 37.8 Å². The summed E-state index contributed by atoms with van der Waals surface area (Å²) in [6, 6.07) is 10.9. The molecule has 8 heteroatoms. The number of ether oxygens (including phenoxy) is 3. The molecule has 0 saturated carbocycles. The number of nitrogens with zero attached hydrogens (tertiary/aromatic N) is 1. The van der Waals surface area contributed by atoms with Crippen LogP contribution in [0.3, 0.4) is 0 Å². The topological polar surface area (TPSA) is 82.1 Å². The van der Waals surface area contributed by atoms with Gasteiger partial charge in [-0.25, -0.2) is 13.2 Å². The minimum absolute atomic E-state index is 0.133. The molecule has 0 spiro atoms. The summed E-state index contributed by atoms with van der Waals surface area (Å²) in [5, 5.41) is 0. The Bertz CT molecular complexity index is 918. The maximum absolute atomic E-state index is 12.6. The monoisotopic (exact) mass is 391 g/mol. The highest BCUT2D eigenvalue weighted by Crippen LogP contribution is 2.28. The van der Waals surface area contributed by atoms with Crippen LogP contribution in [0, 0.1) is 6.92 Å². The van der Waals surface area contributed by atoms with Crippen molar-refractivity contribution in [2.24, 2.45) is 0 Å². The molecular formula is C19H21NO6S. The van der Waals surface area contributed by atoms with Crippen LogP contribution in [0.15, 0.2) is 47.4 Å². The molecule has 27 heavy (non-hydrogen) atoms. The number of hydrogen-bond acceptors (Lipinski definition) is 6. The zero-order valence-corrected chi connectivity index (χ0v) is 16.0. The van der Waals surface area contributed by atoms with Crippen LogP contribution < -0.4 is 9.47 Å². The summed E-state index contributed by atoms with van der Waals surface area (Å²) in [5.74, 6) is 0.167. The standard InChI is InChI=1S/C19H21NO6S/c1-14-3-8-17(18(13-14)24-2)26-19(21)15-4-6-16(7-5-15)27(22,23)20-9-11-25-12-10-20/h3-8,13H,9-12H2,1-2H3. The van der Waals surface area contributed by atoms with Gasteiger partial charge < -0.3 is 14.2 Å². The number of methoxy groups -OCH3 is 1. The second-order valence-electron chi connectivity index (χ2n) is 6.08. The lowest BCUT2D eigenvalue weighted by molar-refractivity contribution is 0.0729. The van der Waals surface area contributed by atoms with Crippen molar-refractivity contribution in [2.45, 2.75) is 11.8 Å². The van der Waals surface area contributed by atoms with Crippen molar-refractivity contribution < 1.29 is 27.4 Å². The van der Waals surface area contributed by atoms with Crippen molar-refractivity contribution in [3.05, 3.63) is 53.6 Å². The average Bonchev–Trinajstić information content (AvgIpc) is 2.70. The largest absolute Gasteiger partial charge is 0.493 e. The lowest BCUT2D eigenvalue weighted by Gasteiger charge is -2.26. The molecule has 1 fully saturated rings. The fraction of sp³-hybridized carbons (Fsp3) is 0.316. The number of carbonyl (C=O) groups excluding carboxylic acids is 1. The van der Waals surface area contributed by atoms with Crippen molar-refractivity contribution in [3.63, 3.8) is 0 Å². The van der Waals surface area contributed by atoms with Crippen LogP contribution in [0.2, 0.25) is 0 Å². The van der Waals surface area contributed by atoms with E-state index in [0.717, 1.165) is 5.56 Å². The molecule has 1 heterocycles. The van der Waals surface area contributed by atoms with E-state index in [9.17, 15) is 13.2 Å². The van der Waals surface area contributed by atoms with Gasteiger partial charge in [-0.05, 0) is 48.9 Å². The molecule has 0 radical (unpaired) electrons. The van der Waals surface area contributed by atoms with E-state index in [1.807, 2.05) is 13.0 Å². The number of rotatable bonds is 5. The van der Waals surface area contributed by atoms with Gasteiger partial charge in [0.1, 0.15) is 0 Å². The molecule has 0 atom stereocenters. The Morgan fingerprint density at radius 2 is 1.70 bits per heavy atom. The Morgan fingerprint density at radius 3 is 2.33 bits per heavy atom. The zero-order valence-electron chi connectivity index (χ0n) is 15.2. The second kappa shape index (κ2) is 8.08. The van der Waals surface area contributed by atoms with Gasteiger partial charge in [0, 0.05) is 13.1 Å². The molecule has 1 aliphatic heterocycles. The van der Waals surface area contributed by atoms with E-state index in [-0.39, 0.29) is 10.5 Å². The third-order valence-electron chi connectivity index (χ3n) is 4.22. The Balaban J connectivity index is 1.76. The molecule has 0 N–H and O–H groups in total. The molecule has 0 unspecified atom stereocenters. The summed E-state index contributed by atoms with van der Waals surface area (Å²) in [7, 11) is -2.10. The van der Waals surface area contributed by atoms with Crippen LogP contribution in [-0.4, -0.2) is 52.1 Å². The first-order valence-corrected chi connectivity index (χ1v) is 9.90. The molecule has 1 aliphatic rings. The SMILES string of the molecule is COc1cc(C)ccc1OC(=O)c1ccc(S(=O)(=O)N2CCOCC2)cc1. The van der Waals surface area contributed by atoms with Crippen LogP contribution in [-0.2, 0) is 14.8 Å². The molecule has 2 aromatic carbocycles. The van der Waals surface area contributed by atoms with Gasteiger partial charge in [-0.2, -0.15) is 4.31 Å². The molecule has 0 amide bonds. The molecule has 1 saturated heterocycles. The van der Waals surface area contributed by atoms with E-state index < -0.39 is 16.0 Å². The minimum Gasteiger partial charge on any atom is -0.493 e. The van der Waals surface area contributed by atoms with Gasteiger partial charge in [0.25, 0.3) is 0 Å². The lowest BCUT2D eigenvalue weighted by atomic mass is 10.2. The Kier molecular flexibility index (Phi) is 5.79. The number of carbonyl (C=O) groups is 1. The summed E-state index contributed by atoms with van der Waals surface area (Å²) < 4.78 is 42.4. The predicted molar refractivity (Wildman–Crippen MR) is 98.7 cm³/mol. The van der Waals surface area contributed by atoms with Crippen LogP contribution in [0.4, 0.5) is 0 Å². The van der Waals surface area contributed by atoms with Crippen LogP contribution >= 0.6 is 0 Å². The minimum atomic E-state index is -3.60. The molecule has 3 rings (SSSR count). The summed E-state index contributed by atoms with van der Waals surface area (Å²) >= 11 is 0. The van der Waals surface area contributed by atoms with Crippen molar-refractivity contribution in [1.29, 1.82) is 0 Å². The first kappa shape index (κ1) is 19.3. The smallest absolute Gasteiger partial charge is 0.343 e. The summed E-state index contributed by atoms with van der Waals surface area (Å²) in [6.45, 7) is 3.30. The Morgan fingerprint density at radius 1 is 1.04 bits per heavy atom. The van der Waals surface area contributed by atoms with E-state index in [1.54, 1.807) is 12.1 Å². The first-order valence-electron chi connectivity index (χ1n) is 8.46. The second-order valence-corrected chi connectivity index (χ2v) is 8.02. The quantitative estimate of drug-likeness (QED) is 0.574. The summed E-state index contributed by atoms with van der Waals surface area (Å²) in [6.07, 6.45) is 0. The maximum Gasteiger partial charge on any atom is 0.343 e. The number of aryl methyl sites for hydroxylation is 1. The highest BCUT2D eigenvalue weighted by molar-refractivity contribution is 7.89. The van der Waals surface area contributed by atoms with Crippen molar-refractivity contribution in [2.75, 3.05) is 33.4 Å². The fourth-order valence-electron chi connectivity index (χ4n) is 2.72. The van der Waals surface area contributed by atoms with E-state index in [2.05, 4.69) is 0 Å². The Hall–Kier alpha value is -2.42. The molecule has 0 aromatic heterocycles. The first-order chi connectivity index (χ1) is 12.9. The highest BCUT2D eigenvalue weighted by atomic mass is 32.2. The van der Waals surface area contributed by atoms with Gasteiger partial charge in [-0.3, -0.25) is 0 Å². The molecule has 2 aromatic rings. The zero-order chi connectivity index (χ0) is 19.4. The van der Waals surface area contributed by atoms with Gasteiger partial charge in [-0.1, -0.05) is 6.07 Å². The number of hydrogen-bond donors (Lipinski definition) is 0. The number of benzene rings is 2. The van der Waals surface area contributed by atoms with E-state index in [4.69, 9.17) is 14.2 Å². The van der Waals surface area contributed by atoms with Crippen molar-refractivity contribution in [1.82, 2.24) is 4.31 Å². The van der Waals surface area contributed by atoms with Gasteiger partial charge >= 0.3 is 5.97 Å². The summed E-state index contributed by atoms with van der Waals surface area (Å²) in [4.78, 5) is 12.5. The van der Waals surface area contributed by atoms with Crippen molar-refractivity contribution in [3.8, 4) is 11.5 Å². The Labute approximate surface area is 158 Å². The van der Waals surface area contributed by atoms with E-state index in [1.165, 1.54) is 35.7 Å². The molecule has 0 bridgehead atoms. The van der Waals surface area contributed by atoms with Crippen molar-refractivity contribution >= 4 is 16.0 Å². The van der Waals surface area contributed by atoms with Crippen LogP contribution in [0.5, 0.6) is 11.5 Å². The normalized spacial score (nSPS) is 15.3. The number of sulfonamides is 1. The van der Waals surface area contributed by atoms with Gasteiger partial charge in [0.15, 0.2) is 11.5 Å². The number of morpholine rings is 1. The van der Waals surface area contributed by atoms with Crippen LogP contribution in [0.1, 0.15) is 15.9 Å². The van der Waals surface area contributed by atoms with Gasteiger partial charge in [0.2, 0.25) is 10.0 Å². The lowest BCUT2D eigenvalue weighted by Crippen LogP contribution is -2.40. The third kappa shape index (κ3) is 4.29. The summed E-state index contributed by atoms with van der Waals surface area (Å²) in [5.41, 5.74) is 1.22. The molecule has 7 nitrogen and oxygen atoms in total. The molecule has 0 aliphatic carbocycles. The predicted octanol–water partition coefficient (Wildman–Crippen LogP) is 2.24. The number of esters is 1. The molecule has 144 valence electrons. The van der Waals surface area contributed by atoms with Gasteiger partial charge in [0.05, 0.1) is 30.8 Å². The average molecular weight is 391 g/mol. The van der Waals surface area contributed by atoms with Crippen LogP contribution in [0.25, 0.3) is 0 Å². The van der Waals surface area contributed by atoms with E-state index >= 15 is 0 Å². The third-order valence-corrected chi connectivity index (χ3v) is 6.13. The highest BCUT2D eigenvalue weighted by Gasteiger charge is 2.26.